The molecule has 4 heteroatoms. The molecule has 0 amide bonds. The van der Waals surface area contributed by atoms with Crippen LogP contribution in [0.1, 0.15) is 17.4 Å². The van der Waals surface area contributed by atoms with E-state index in [1.165, 1.54) is 12.1 Å². The Morgan fingerprint density at radius 3 is 2.57 bits per heavy atom. The highest BCUT2D eigenvalue weighted by Crippen LogP contribution is 2.25. The second kappa shape index (κ2) is 5.40. The minimum absolute atomic E-state index is 0.309. The third-order valence-corrected chi connectivity index (χ3v) is 3.28. The van der Waals surface area contributed by atoms with Gasteiger partial charge in [0.05, 0.1) is 12.1 Å². The van der Waals surface area contributed by atoms with Crippen LogP contribution in [-0.4, -0.2) is 17.1 Å². The summed E-state index contributed by atoms with van der Waals surface area (Å²) >= 11 is 0. The average molecular weight is 283 g/mol. The number of rotatable bonds is 3. The molecule has 0 fully saturated rings. The van der Waals surface area contributed by atoms with Gasteiger partial charge in [-0.1, -0.05) is 18.2 Å². The summed E-state index contributed by atoms with van der Waals surface area (Å²) in [5.41, 5.74) is 2.04. The SMILES string of the molecule is CCOC(=O)c1cc2ccccc2n1-c1ccc(F)cc1. The lowest BCUT2D eigenvalue weighted by molar-refractivity contribution is 0.0517. The Labute approximate surface area is 121 Å². The molecular weight excluding hydrogens is 269 g/mol. The Morgan fingerprint density at radius 2 is 1.86 bits per heavy atom. The summed E-state index contributed by atoms with van der Waals surface area (Å²) < 4.78 is 20.0. The first-order chi connectivity index (χ1) is 10.2. The Bertz CT molecular complexity index is 790. The van der Waals surface area contributed by atoms with Crippen molar-refractivity contribution >= 4 is 16.9 Å². The summed E-state index contributed by atoms with van der Waals surface area (Å²) in [7, 11) is 0. The molecule has 0 spiro atoms. The van der Waals surface area contributed by atoms with Gasteiger partial charge in [0.1, 0.15) is 11.5 Å². The second-order valence-electron chi connectivity index (χ2n) is 4.62. The third kappa shape index (κ3) is 2.40. The largest absolute Gasteiger partial charge is 0.461 e. The normalized spacial score (nSPS) is 10.8. The van der Waals surface area contributed by atoms with Crippen LogP contribution in [0.3, 0.4) is 0 Å². The zero-order chi connectivity index (χ0) is 14.8. The summed E-state index contributed by atoms with van der Waals surface area (Å²) in [5.74, 6) is -0.703. The van der Waals surface area contributed by atoms with Crippen LogP contribution in [0.15, 0.2) is 54.6 Å². The van der Waals surface area contributed by atoms with Gasteiger partial charge in [-0.15, -0.1) is 0 Å². The minimum atomic E-state index is -0.391. The molecule has 1 aromatic heterocycles. The molecule has 3 aromatic rings. The van der Waals surface area contributed by atoms with E-state index in [1.807, 2.05) is 24.3 Å². The number of benzene rings is 2. The smallest absolute Gasteiger partial charge is 0.355 e. The van der Waals surface area contributed by atoms with Gasteiger partial charge in [0.2, 0.25) is 0 Å². The predicted molar refractivity (Wildman–Crippen MR) is 79.2 cm³/mol. The highest BCUT2D eigenvalue weighted by molar-refractivity contribution is 5.97. The lowest BCUT2D eigenvalue weighted by atomic mass is 10.2. The Hall–Kier alpha value is -2.62. The maximum Gasteiger partial charge on any atom is 0.355 e. The monoisotopic (exact) mass is 283 g/mol. The summed E-state index contributed by atoms with van der Waals surface area (Å²) in [6.07, 6.45) is 0. The van der Waals surface area contributed by atoms with Gasteiger partial charge in [-0.2, -0.15) is 0 Å². The first kappa shape index (κ1) is 13.4. The molecule has 2 aromatic carbocycles. The molecule has 0 aliphatic heterocycles. The number of hydrogen-bond donors (Lipinski definition) is 0. The Kier molecular flexibility index (Phi) is 3.44. The number of para-hydroxylation sites is 1. The molecule has 0 radical (unpaired) electrons. The molecule has 0 saturated heterocycles. The van der Waals surface area contributed by atoms with Crippen molar-refractivity contribution in [2.75, 3.05) is 6.61 Å². The molecule has 106 valence electrons. The van der Waals surface area contributed by atoms with Crippen molar-refractivity contribution in [3.63, 3.8) is 0 Å². The van der Waals surface area contributed by atoms with Crippen LogP contribution in [-0.2, 0) is 4.74 Å². The van der Waals surface area contributed by atoms with Crippen LogP contribution >= 0.6 is 0 Å². The summed E-state index contributed by atoms with van der Waals surface area (Å²) in [6, 6.07) is 15.5. The van der Waals surface area contributed by atoms with Crippen molar-refractivity contribution in [2.24, 2.45) is 0 Å². The number of nitrogens with zero attached hydrogens (tertiary/aromatic N) is 1. The molecule has 0 aliphatic carbocycles. The summed E-state index contributed by atoms with van der Waals surface area (Å²) in [6.45, 7) is 2.08. The fourth-order valence-electron chi connectivity index (χ4n) is 2.38. The Morgan fingerprint density at radius 1 is 1.14 bits per heavy atom. The van der Waals surface area contributed by atoms with E-state index < -0.39 is 5.97 Å². The molecule has 0 aliphatic rings. The number of aromatic nitrogens is 1. The van der Waals surface area contributed by atoms with Crippen LogP contribution in [0.4, 0.5) is 4.39 Å². The lowest BCUT2D eigenvalue weighted by Gasteiger charge is -2.10. The molecule has 0 unspecified atom stereocenters. The van der Waals surface area contributed by atoms with Crippen molar-refractivity contribution in [2.45, 2.75) is 6.92 Å². The maximum atomic E-state index is 13.1. The number of halogens is 1. The highest BCUT2D eigenvalue weighted by Gasteiger charge is 2.17. The van der Waals surface area contributed by atoms with E-state index in [4.69, 9.17) is 4.74 Å². The van der Waals surface area contributed by atoms with E-state index in [-0.39, 0.29) is 5.82 Å². The van der Waals surface area contributed by atoms with E-state index in [0.717, 1.165) is 16.6 Å². The van der Waals surface area contributed by atoms with E-state index >= 15 is 0 Å². The van der Waals surface area contributed by atoms with Gasteiger partial charge in [0.25, 0.3) is 0 Å². The Balaban J connectivity index is 2.24. The number of esters is 1. The van der Waals surface area contributed by atoms with Crippen LogP contribution in [0.2, 0.25) is 0 Å². The topological polar surface area (TPSA) is 31.2 Å². The minimum Gasteiger partial charge on any atom is -0.461 e. The van der Waals surface area contributed by atoms with Crippen LogP contribution in [0.5, 0.6) is 0 Å². The number of fused-ring (bicyclic) bond motifs is 1. The van der Waals surface area contributed by atoms with Crippen molar-refractivity contribution in [3.05, 3.63) is 66.1 Å². The molecule has 21 heavy (non-hydrogen) atoms. The first-order valence-electron chi connectivity index (χ1n) is 6.74. The van der Waals surface area contributed by atoms with E-state index in [2.05, 4.69) is 0 Å². The van der Waals surface area contributed by atoms with Crippen molar-refractivity contribution < 1.29 is 13.9 Å². The molecule has 0 saturated carbocycles. The predicted octanol–water partition coefficient (Wildman–Crippen LogP) is 3.95. The van der Waals surface area contributed by atoms with E-state index in [9.17, 15) is 9.18 Å². The molecule has 0 bridgehead atoms. The van der Waals surface area contributed by atoms with Gasteiger partial charge < -0.3 is 9.30 Å². The molecule has 1 heterocycles. The average Bonchev–Trinajstić information content (AvgIpc) is 2.88. The molecule has 0 atom stereocenters. The number of ether oxygens (including phenoxy) is 1. The lowest BCUT2D eigenvalue weighted by Crippen LogP contribution is -2.10. The van der Waals surface area contributed by atoms with Gasteiger partial charge in [-0.25, -0.2) is 9.18 Å². The zero-order valence-corrected chi connectivity index (χ0v) is 11.5. The highest BCUT2D eigenvalue weighted by atomic mass is 19.1. The summed E-state index contributed by atoms with van der Waals surface area (Å²) in [4.78, 5) is 12.2. The van der Waals surface area contributed by atoms with E-state index in [0.29, 0.717) is 12.3 Å². The van der Waals surface area contributed by atoms with Crippen LogP contribution in [0, 0.1) is 5.82 Å². The number of hydrogen-bond acceptors (Lipinski definition) is 2. The first-order valence-corrected chi connectivity index (χ1v) is 6.74. The van der Waals surface area contributed by atoms with Gasteiger partial charge in [-0.05, 0) is 43.3 Å². The van der Waals surface area contributed by atoms with Crippen molar-refractivity contribution in [3.8, 4) is 5.69 Å². The van der Waals surface area contributed by atoms with Crippen molar-refractivity contribution in [1.29, 1.82) is 0 Å². The summed E-state index contributed by atoms with van der Waals surface area (Å²) in [5, 5.41) is 0.935. The van der Waals surface area contributed by atoms with Crippen LogP contribution in [0.25, 0.3) is 16.6 Å². The molecule has 0 N–H and O–H groups in total. The van der Waals surface area contributed by atoms with Gasteiger partial charge in [-0.3, -0.25) is 0 Å². The third-order valence-electron chi connectivity index (χ3n) is 3.28. The fraction of sp³-hybridized carbons (Fsp3) is 0.118. The van der Waals surface area contributed by atoms with Crippen molar-refractivity contribution in [1.82, 2.24) is 4.57 Å². The van der Waals surface area contributed by atoms with Gasteiger partial charge >= 0.3 is 5.97 Å². The molecular formula is C17H14FNO2. The maximum absolute atomic E-state index is 13.1. The quantitative estimate of drug-likeness (QED) is 0.682. The molecule has 3 rings (SSSR count). The number of carbonyl (C=O) groups excluding carboxylic acids is 1. The van der Waals surface area contributed by atoms with Gasteiger partial charge in [0, 0.05) is 11.1 Å². The fourth-order valence-corrected chi connectivity index (χ4v) is 2.38. The zero-order valence-electron chi connectivity index (χ0n) is 11.5. The molecule has 3 nitrogen and oxygen atoms in total. The standard InChI is InChI=1S/C17H14FNO2/c1-2-21-17(20)16-11-12-5-3-4-6-15(12)19(16)14-9-7-13(18)8-10-14/h3-11H,2H2,1H3. The van der Waals surface area contributed by atoms with Gasteiger partial charge in [0.15, 0.2) is 0 Å². The van der Waals surface area contributed by atoms with Crippen LogP contribution < -0.4 is 0 Å². The second-order valence-corrected chi connectivity index (χ2v) is 4.62. The number of carbonyl (C=O) groups is 1. The van der Waals surface area contributed by atoms with E-state index in [1.54, 1.807) is 29.7 Å².